The second kappa shape index (κ2) is 11.6. The lowest BCUT2D eigenvalue weighted by Crippen LogP contribution is -2.40. The Morgan fingerprint density at radius 1 is 1.05 bits per heavy atom. The lowest BCUT2D eigenvalue weighted by atomic mass is 10.0. The number of ether oxygens (including phenoxy) is 2. The summed E-state index contributed by atoms with van der Waals surface area (Å²) >= 11 is 0. The number of rotatable bonds is 5. The maximum absolute atomic E-state index is 12.3. The number of anilines is 1. The number of guanidine groups is 1. The minimum absolute atomic E-state index is 0.140. The summed E-state index contributed by atoms with van der Waals surface area (Å²) < 4.78 is 16.2. The van der Waals surface area contributed by atoms with Gasteiger partial charge in [0.2, 0.25) is 11.9 Å². The van der Waals surface area contributed by atoms with E-state index in [1.807, 2.05) is 18.2 Å². The average Bonchev–Trinajstić information content (AvgIpc) is 3.20. The zero-order valence-corrected chi connectivity index (χ0v) is 22.4. The molecule has 5 N–H and O–H groups in total. The molecule has 0 spiro atoms. The first kappa shape index (κ1) is 28.6. The van der Waals surface area contributed by atoms with Gasteiger partial charge in [-0.3, -0.25) is 5.32 Å². The molecule has 0 bridgehead atoms. The van der Waals surface area contributed by atoms with Gasteiger partial charge in [0.1, 0.15) is 22.8 Å². The summed E-state index contributed by atoms with van der Waals surface area (Å²) in [5.41, 5.74) is 7.21. The Labute approximate surface area is 221 Å². The number of aliphatic hydroxyl groups is 1. The first-order chi connectivity index (χ1) is 17.7. The number of nitrogens with zero attached hydrogens (tertiary/aromatic N) is 2. The van der Waals surface area contributed by atoms with E-state index in [0.717, 1.165) is 5.56 Å². The lowest BCUT2D eigenvalue weighted by Gasteiger charge is -2.21. The van der Waals surface area contributed by atoms with Crippen LogP contribution in [0.25, 0.3) is 11.1 Å². The minimum Gasteiger partial charge on any atom is -0.444 e. The Bertz CT molecular complexity index is 1270. The third kappa shape index (κ3) is 8.86. The maximum atomic E-state index is 12.3. The molecule has 204 valence electrons. The van der Waals surface area contributed by atoms with Crippen molar-refractivity contribution in [3.8, 4) is 0 Å². The van der Waals surface area contributed by atoms with Gasteiger partial charge in [0.05, 0.1) is 0 Å². The first-order valence-corrected chi connectivity index (χ1v) is 12.2. The van der Waals surface area contributed by atoms with Crippen LogP contribution in [0.5, 0.6) is 0 Å². The monoisotopic (exact) mass is 525 g/mol. The molecule has 3 aromatic rings. The van der Waals surface area contributed by atoms with E-state index in [0.29, 0.717) is 16.8 Å². The Hall–Kier alpha value is -3.96. The number of aromatic nitrogens is 1. The number of aliphatic hydroxyl groups excluding tert-OH is 1. The van der Waals surface area contributed by atoms with Crippen molar-refractivity contribution >= 4 is 34.9 Å². The van der Waals surface area contributed by atoms with E-state index >= 15 is 0 Å². The highest BCUT2D eigenvalue weighted by Gasteiger charge is 2.24. The fourth-order valence-electron chi connectivity index (χ4n) is 3.36. The van der Waals surface area contributed by atoms with Gasteiger partial charge < -0.3 is 30.0 Å². The van der Waals surface area contributed by atoms with Crippen LogP contribution < -0.4 is 16.4 Å². The standard InChI is InChI=1S/C27H35N5O6/c1-26(2,3)37-24(34)31-23(32-25(35)38-27(4,5)6)29-17-11-9-10-16(14-17)15-18(28)21(33)22-30-19-12-7-8-13-20(19)36-22/h7-14,18,21,33H,15,28H2,1-6H3,(H2,29,31,32,34,35)/t18-,21?/m0/s1. The Morgan fingerprint density at radius 3 is 2.39 bits per heavy atom. The van der Waals surface area contributed by atoms with Crippen molar-refractivity contribution < 1.29 is 28.6 Å². The van der Waals surface area contributed by atoms with Gasteiger partial charge in [-0.05, 0) is 77.8 Å². The SMILES string of the molecule is CC(C)(C)OC(=O)/N=C(\NC(=O)OC(C)(C)C)Nc1cccc(C[C@H](N)C(O)c2nc3ccccc3o2)c1. The molecule has 3 rings (SSSR count). The van der Waals surface area contributed by atoms with Crippen LogP contribution in [-0.2, 0) is 15.9 Å². The number of aliphatic imine (C=N–C) groups is 1. The summed E-state index contributed by atoms with van der Waals surface area (Å²) in [6, 6.07) is 13.5. The molecule has 1 aromatic heterocycles. The molecule has 38 heavy (non-hydrogen) atoms. The number of nitrogens with two attached hydrogens (primary N) is 1. The van der Waals surface area contributed by atoms with Crippen molar-refractivity contribution in [2.24, 2.45) is 10.7 Å². The molecule has 0 aliphatic heterocycles. The third-order valence-corrected chi connectivity index (χ3v) is 4.85. The number of hydrogen-bond acceptors (Lipinski definition) is 8. The molecule has 0 aliphatic carbocycles. The fourth-order valence-corrected chi connectivity index (χ4v) is 3.36. The van der Waals surface area contributed by atoms with Crippen molar-refractivity contribution in [3.05, 3.63) is 60.0 Å². The molecule has 0 fully saturated rings. The predicted octanol–water partition coefficient (Wildman–Crippen LogP) is 4.66. The van der Waals surface area contributed by atoms with E-state index in [1.54, 1.807) is 71.9 Å². The van der Waals surface area contributed by atoms with Crippen molar-refractivity contribution in [3.63, 3.8) is 0 Å². The van der Waals surface area contributed by atoms with Gasteiger partial charge in [0, 0.05) is 11.7 Å². The summed E-state index contributed by atoms with van der Waals surface area (Å²) in [6.45, 7) is 10.3. The number of nitrogens with one attached hydrogen (secondary N) is 2. The first-order valence-electron chi connectivity index (χ1n) is 12.2. The molecule has 0 radical (unpaired) electrons. The van der Waals surface area contributed by atoms with Gasteiger partial charge in [0.15, 0.2) is 5.58 Å². The number of alkyl carbamates (subject to hydrolysis) is 1. The second-order valence-electron chi connectivity index (χ2n) is 10.7. The van der Waals surface area contributed by atoms with Crippen LogP contribution in [0.3, 0.4) is 0 Å². The van der Waals surface area contributed by atoms with Crippen LogP contribution in [-0.4, -0.2) is 45.5 Å². The van der Waals surface area contributed by atoms with E-state index in [1.165, 1.54) is 0 Å². The number of fused-ring (bicyclic) bond motifs is 1. The zero-order valence-electron chi connectivity index (χ0n) is 22.4. The van der Waals surface area contributed by atoms with Crippen LogP contribution in [0.1, 0.15) is 59.1 Å². The van der Waals surface area contributed by atoms with Gasteiger partial charge in [0.25, 0.3) is 0 Å². The molecule has 2 aromatic carbocycles. The average molecular weight is 526 g/mol. The second-order valence-corrected chi connectivity index (χ2v) is 10.7. The minimum atomic E-state index is -1.13. The summed E-state index contributed by atoms with van der Waals surface area (Å²) in [5.74, 6) is -0.0391. The van der Waals surface area contributed by atoms with Crippen molar-refractivity contribution in [2.45, 2.75) is 71.3 Å². The summed E-state index contributed by atoms with van der Waals surface area (Å²) in [6.07, 6.45) is -2.53. The summed E-state index contributed by atoms with van der Waals surface area (Å²) in [4.78, 5) is 32.8. The van der Waals surface area contributed by atoms with Gasteiger partial charge in [-0.2, -0.15) is 0 Å². The van der Waals surface area contributed by atoms with E-state index < -0.39 is 35.5 Å². The van der Waals surface area contributed by atoms with Crippen LogP contribution in [0.4, 0.5) is 15.3 Å². The normalized spacial score (nSPS) is 14.1. The zero-order chi connectivity index (χ0) is 28.1. The van der Waals surface area contributed by atoms with E-state index in [2.05, 4.69) is 20.6 Å². The molecule has 0 aliphatic rings. The highest BCUT2D eigenvalue weighted by molar-refractivity contribution is 6.06. The van der Waals surface area contributed by atoms with Crippen molar-refractivity contribution in [2.75, 3.05) is 5.32 Å². The highest BCUT2D eigenvalue weighted by atomic mass is 16.6. The van der Waals surface area contributed by atoms with Crippen LogP contribution in [0.2, 0.25) is 0 Å². The predicted molar refractivity (Wildman–Crippen MR) is 144 cm³/mol. The number of carbonyl (C=O) groups excluding carboxylic acids is 2. The fraction of sp³-hybridized carbons (Fsp3) is 0.407. The number of para-hydroxylation sites is 2. The summed E-state index contributed by atoms with van der Waals surface area (Å²) in [5, 5.41) is 16.1. The topological polar surface area (TPSA) is 161 Å². The molecule has 0 saturated carbocycles. The van der Waals surface area contributed by atoms with Gasteiger partial charge in [-0.15, -0.1) is 4.99 Å². The van der Waals surface area contributed by atoms with Crippen LogP contribution >= 0.6 is 0 Å². The molecule has 11 heteroatoms. The molecule has 2 atom stereocenters. The quantitative estimate of drug-likeness (QED) is 0.274. The van der Waals surface area contributed by atoms with E-state index in [-0.39, 0.29) is 18.3 Å². The largest absolute Gasteiger partial charge is 0.444 e. The van der Waals surface area contributed by atoms with E-state index in [4.69, 9.17) is 19.6 Å². The molecule has 0 saturated heterocycles. The molecule has 1 heterocycles. The molecule has 1 unspecified atom stereocenters. The van der Waals surface area contributed by atoms with E-state index in [9.17, 15) is 14.7 Å². The Morgan fingerprint density at radius 2 is 1.74 bits per heavy atom. The van der Waals surface area contributed by atoms with Gasteiger partial charge >= 0.3 is 12.2 Å². The third-order valence-electron chi connectivity index (χ3n) is 4.85. The molecule has 11 nitrogen and oxygen atoms in total. The number of hydrogen-bond donors (Lipinski definition) is 4. The molecule has 2 amide bonds. The number of benzene rings is 2. The van der Waals surface area contributed by atoms with Gasteiger partial charge in [-0.1, -0.05) is 24.3 Å². The number of oxazole rings is 1. The molecular formula is C27H35N5O6. The molecular weight excluding hydrogens is 490 g/mol. The summed E-state index contributed by atoms with van der Waals surface area (Å²) in [7, 11) is 0. The number of carbonyl (C=O) groups is 2. The highest BCUT2D eigenvalue weighted by Crippen LogP contribution is 2.23. The van der Waals surface area contributed by atoms with Crippen LogP contribution in [0.15, 0.2) is 57.9 Å². The lowest BCUT2D eigenvalue weighted by molar-refractivity contribution is 0.0562. The van der Waals surface area contributed by atoms with Crippen LogP contribution in [0, 0.1) is 0 Å². The van der Waals surface area contributed by atoms with Gasteiger partial charge in [-0.25, -0.2) is 14.6 Å². The Balaban J connectivity index is 1.74. The smallest absolute Gasteiger partial charge is 0.437 e. The van der Waals surface area contributed by atoms with Crippen molar-refractivity contribution in [1.82, 2.24) is 10.3 Å². The van der Waals surface area contributed by atoms with Crippen molar-refractivity contribution in [1.29, 1.82) is 0 Å². The maximum Gasteiger partial charge on any atom is 0.437 e. The Kier molecular flexibility index (Phi) is 8.74. The number of amides is 2.